The monoisotopic (exact) mass is 266 g/mol. The Labute approximate surface area is 117 Å². The van der Waals surface area contributed by atoms with Crippen LogP contribution in [0.15, 0.2) is 0 Å². The first-order valence-corrected chi connectivity index (χ1v) is 8.22. The summed E-state index contributed by atoms with van der Waals surface area (Å²) in [6.45, 7) is 4.23. The van der Waals surface area contributed by atoms with Crippen LogP contribution in [0.5, 0.6) is 0 Å². The zero-order valence-corrected chi connectivity index (χ0v) is 12.4. The van der Waals surface area contributed by atoms with Crippen molar-refractivity contribution in [1.82, 2.24) is 4.90 Å². The molecule has 1 heterocycles. The van der Waals surface area contributed by atoms with Crippen molar-refractivity contribution in [1.29, 1.82) is 0 Å². The van der Waals surface area contributed by atoms with Gasteiger partial charge in [0.2, 0.25) is 5.91 Å². The van der Waals surface area contributed by atoms with Crippen molar-refractivity contribution in [2.24, 2.45) is 17.6 Å². The molecule has 2 aliphatic rings. The molecule has 0 bridgehead atoms. The third kappa shape index (κ3) is 4.48. The van der Waals surface area contributed by atoms with Gasteiger partial charge in [0.15, 0.2) is 0 Å². The second-order valence-corrected chi connectivity index (χ2v) is 6.58. The third-order valence-electron chi connectivity index (χ3n) is 5.06. The van der Waals surface area contributed by atoms with Crippen molar-refractivity contribution in [2.75, 3.05) is 13.1 Å². The summed E-state index contributed by atoms with van der Waals surface area (Å²) < 4.78 is 0. The van der Waals surface area contributed by atoms with E-state index < -0.39 is 0 Å². The van der Waals surface area contributed by atoms with Gasteiger partial charge in [0.25, 0.3) is 0 Å². The van der Waals surface area contributed by atoms with Gasteiger partial charge >= 0.3 is 0 Å². The molecule has 1 saturated heterocycles. The minimum Gasteiger partial charge on any atom is -0.343 e. The molecule has 19 heavy (non-hydrogen) atoms. The van der Waals surface area contributed by atoms with E-state index in [0.717, 1.165) is 38.3 Å². The molecule has 3 nitrogen and oxygen atoms in total. The molecule has 0 aromatic carbocycles. The highest BCUT2D eigenvalue weighted by molar-refractivity contribution is 5.76. The van der Waals surface area contributed by atoms with Crippen molar-refractivity contribution in [2.45, 2.75) is 70.8 Å². The normalized spacial score (nSPS) is 32.9. The molecule has 3 heteroatoms. The van der Waals surface area contributed by atoms with E-state index in [-0.39, 0.29) is 0 Å². The molecule has 2 rings (SSSR count). The molecule has 1 amide bonds. The Balaban J connectivity index is 1.79. The Kier molecular flexibility index (Phi) is 5.68. The molecular weight excluding hydrogens is 236 g/mol. The van der Waals surface area contributed by atoms with Gasteiger partial charge in [-0.1, -0.05) is 19.8 Å². The van der Waals surface area contributed by atoms with E-state index in [4.69, 9.17) is 5.73 Å². The minimum absolute atomic E-state index is 0.333. The zero-order chi connectivity index (χ0) is 13.7. The van der Waals surface area contributed by atoms with Gasteiger partial charge in [-0.3, -0.25) is 4.79 Å². The summed E-state index contributed by atoms with van der Waals surface area (Å²) in [5.41, 5.74) is 6.02. The predicted octanol–water partition coefficient (Wildman–Crippen LogP) is 2.93. The smallest absolute Gasteiger partial charge is 0.222 e. The summed E-state index contributed by atoms with van der Waals surface area (Å²) in [7, 11) is 0. The van der Waals surface area contributed by atoms with E-state index in [9.17, 15) is 4.79 Å². The number of rotatable bonds is 3. The Morgan fingerprint density at radius 1 is 1.11 bits per heavy atom. The number of hydrogen-bond acceptors (Lipinski definition) is 2. The molecule has 3 unspecified atom stereocenters. The Morgan fingerprint density at radius 2 is 1.89 bits per heavy atom. The fraction of sp³-hybridized carbons (Fsp3) is 0.938. The average Bonchev–Trinajstić information content (AvgIpc) is 2.64. The van der Waals surface area contributed by atoms with Crippen LogP contribution in [0.2, 0.25) is 0 Å². The van der Waals surface area contributed by atoms with Crippen LogP contribution in [-0.4, -0.2) is 29.9 Å². The van der Waals surface area contributed by atoms with Gasteiger partial charge in [-0.2, -0.15) is 0 Å². The molecule has 2 N–H and O–H groups in total. The summed E-state index contributed by atoms with van der Waals surface area (Å²) >= 11 is 0. The van der Waals surface area contributed by atoms with Gasteiger partial charge < -0.3 is 10.6 Å². The van der Waals surface area contributed by atoms with Crippen molar-refractivity contribution < 1.29 is 4.79 Å². The molecule has 0 spiro atoms. The highest BCUT2D eigenvalue weighted by Crippen LogP contribution is 2.27. The second kappa shape index (κ2) is 7.28. The van der Waals surface area contributed by atoms with Crippen molar-refractivity contribution >= 4 is 5.91 Å². The van der Waals surface area contributed by atoms with Crippen LogP contribution < -0.4 is 5.73 Å². The molecule has 1 aliphatic carbocycles. The molecule has 0 aromatic rings. The molecular formula is C16H30N2O. The molecule has 0 radical (unpaired) electrons. The van der Waals surface area contributed by atoms with E-state index >= 15 is 0 Å². The van der Waals surface area contributed by atoms with Crippen LogP contribution in [0, 0.1) is 11.8 Å². The van der Waals surface area contributed by atoms with E-state index in [1.54, 1.807) is 0 Å². The van der Waals surface area contributed by atoms with Gasteiger partial charge in [0, 0.05) is 25.6 Å². The molecule has 110 valence electrons. The fourth-order valence-corrected chi connectivity index (χ4v) is 3.72. The lowest BCUT2D eigenvalue weighted by molar-refractivity contribution is -0.132. The lowest BCUT2D eigenvalue weighted by Gasteiger charge is -2.28. The van der Waals surface area contributed by atoms with Gasteiger partial charge in [-0.15, -0.1) is 0 Å². The summed E-state index contributed by atoms with van der Waals surface area (Å²) in [4.78, 5) is 14.5. The maximum atomic E-state index is 12.4. The number of likely N-dealkylation sites (tertiary alicyclic amines) is 1. The highest BCUT2D eigenvalue weighted by Gasteiger charge is 2.25. The number of nitrogens with two attached hydrogens (primary N) is 1. The summed E-state index contributed by atoms with van der Waals surface area (Å²) in [6.07, 6.45) is 10.3. The van der Waals surface area contributed by atoms with Crippen LogP contribution >= 0.6 is 0 Å². The lowest BCUT2D eigenvalue weighted by Crippen LogP contribution is -2.35. The van der Waals surface area contributed by atoms with E-state index in [0.29, 0.717) is 17.9 Å². The topological polar surface area (TPSA) is 46.3 Å². The first-order chi connectivity index (χ1) is 9.19. The predicted molar refractivity (Wildman–Crippen MR) is 78.8 cm³/mol. The summed E-state index contributed by atoms with van der Waals surface area (Å²) in [6, 6.07) is 0.333. The lowest BCUT2D eigenvalue weighted by atomic mass is 9.84. The summed E-state index contributed by atoms with van der Waals surface area (Å²) in [5, 5.41) is 0. The largest absolute Gasteiger partial charge is 0.343 e. The van der Waals surface area contributed by atoms with Crippen LogP contribution in [0.25, 0.3) is 0 Å². The number of nitrogens with zero attached hydrogens (tertiary/aromatic N) is 1. The van der Waals surface area contributed by atoms with Crippen molar-refractivity contribution in [3.05, 3.63) is 0 Å². The van der Waals surface area contributed by atoms with E-state index in [1.165, 1.54) is 38.5 Å². The fourth-order valence-electron chi connectivity index (χ4n) is 3.72. The Bertz CT molecular complexity index is 292. The quantitative estimate of drug-likeness (QED) is 0.853. The number of amides is 1. The highest BCUT2D eigenvalue weighted by atomic mass is 16.2. The molecule has 1 aliphatic heterocycles. The minimum atomic E-state index is 0.333. The van der Waals surface area contributed by atoms with Crippen molar-refractivity contribution in [3.8, 4) is 0 Å². The summed E-state index contributed by atoms with van der Waals surface area (Å²) in [5.74, 6) is 1.76. The SMILES string of the molecule is CCC1CCCN(C(=O)CC2CCCC(N)C2)CC1. The van der Waals surface area contributed by atoms with Gasteiger partial charge in [0.1, 0.15) is 0 Å². The van der Waals surface area contributed by atoms with Gasteiger partial charge in [-0.05, 0) is 50.4 Å². The molecule has 0 aromatic heterocycles. The maximum absolute atomic E-state index is 12.4. The number of carbonyl (C=O) groups is 1. The number of carbonyl (C=O) groups excluding carboxylic acids is 1. The van der Waals surface area contributed by atoms with Crippen LogP contribution in [0.3, 0.4) is 0 Å². The first-order valence-electron chi connectivity index (χ1n) is 8.22. The van der Waals surface area contributed by atoms with Gasteiger partial charge in [-0.25, -0.2) is 0 Å². The standard InChI is InChI=1S/C16H30N2O/c1-2-13-6-4-9-18(10-8-13)16(19)12-14-5-3-7-15(17)11-14/h13-15H,2-12,17H2,1H3. The van der Waals surface area contributed by atoms with E-state index in [2.05, 4.69) is 11.8 Å². The Morgan fingerprint density at radius 3 is 2.63 bits per heavy atom. The number of hydrogen-bond donors (Lipinski definition) is 1. The van der Waals surface area contributed by atoms with Gasteiger partial charge in [0.05, 0.1) is 0 Å². The molecule has 3 atom stereocenters. The first kappa shape index (κ1) is 14.8. The zero-order valence-electron chi connectivity index (χ0n) is 12.4. The van der Waals surface area contributed by atoms with Crippen LogP contribution in [0.1, 0.15) is 64.7 Å². The second-order valence-electron chi connectivity index (χ2n) is 6.58. The van der Waals surface area contributed by atoms with Crippen LogP contribution in [0.4, 0.5) is 0 Å². The molecule has 1 saturated carbocycles. The average molecular weight is 266 g/mol. The third-order valence-corrected chi connectivity index (χ3v) is 5.06. The van der Waals surface area contributed by atoms with E-state index in [1.807, 2.05) is 0 Å². The van der Waals surface area contributed by atoms with Crippen LogP contribution in [-0.2, 0) is 4.79 Å². The van der Waals surface area contributed by atoms with Crippen molar-refractivity contribution in [3.63, 3.8) is 0 Å². The molecule has 2 fully saturated rings. The Hall–Kier alpha value is -0.570. The maximum Gasteiger partial charge on any atom is 0.222 e.